The summed E-state index contributed by atoms with van der Waals surface area (Å²) in [6.07, 6.45) is 1.03. The maximum atomic E-state index is 10.7. The van der Waals surface area contributed by atoms with Crippen LogP contribution in [0.5, 0.6) is 0 Å². The van der Waals surface area contributed by atoms with E-state index in [9.17, 15) is 14.9 Å². The van der Waals surface area contributed by atoms with Crippen LogP contribution < -0.4 is 11.1 Å². The van der Waals surface area contributed by atoms with Gasteiger partial charge in [0.25, 0.3) is 5.69 Å². The van der Waals surface area contributed by atoms with Gasteiger partial charge in [-0.05, 0) is 12.0 Å². The summed E-state index contributed by atoms with van der Waals surface area (Å²) in [4.78, 5) is 20.9. The second kappa shape index (κ2) is 6.70. The van der Waals surface area contributed by atoms with E-state index in [1.54, 1.807) is 12.1 Å². The number of hydrogen-bond donors (Lipinski definition) is 2. The number of carbonyl (C=O) groups excluding carboxylic acids is 1. The minimum Gasteiger partial charge on any atom is -0.370 e. The Morgan fingerprint density at radius 3 is 2.83 bits per heavy atom. The number of nitro benzene ring substituents is 1. The van der Waals surface area contributed by atoms with E-state index in [0.717, 1.165) is 12.0 Å². The van der Waals surface area contributed by atoms with Crippen molar-refractivity contribution >= 4 is 11.6 Å². The normalized spacial score (nSPS) is 12.1. The number of benzene rings is 1. The van der Waals surface area contributed by atoms with E-state index >= 15 is 0 Å². The Bertz CT molecular complexity index is 434. The molecule has 0 saturated heterocycles. The molecular formula is C12H17N3O3. The van der Waals surface area contributed by atoms with Gasteiger partial charge in [0.2, 0.25) is 5.91 Å². The first-order chi connectivity index (χ1) is 8.54. The van der Waals surface area contributed by atoms with E-state index in [0.29, 0.717) is 6.54 Å². The molecule has 3 N–H and O–H groups in total. The Labute approximate surface area is 105 Å². The van der Waals surface area contributed by atoms with Crippen LogP contribution in [0.15, 0.2) is 24.3 Å². The van der Waals surface area contributed by atoms with Crippen molar-refractivity contribution in [2.45, 2.75) is 25.8 Å². The standard InChI is InChI=1S/C12H17N3O3/c1-2-11(14-7-6-12(13)16)9-4-3-5-10(8-9)15(17)18/h3-5,8,11,14H,2,6-7H2,1H3,(H2,13,16). The molecule has 0 fully saturated rings. The van der Waals surface area contributed by atoms with Crippen LogP contribution in [0.4, 0.5) is 5.69 Å². The molecule has 6 nitrogen and oxygen atoms in total. The molecule has 1 aromatic rings. The molecule has 1 amide bonds. The number of nitro groups is 1. The van der Waals surface area contributed by atoms with E-state index in [2.05, 4.69) is 5.32 Å². The highest BCUT2D eigenvalue weighted by molar-refractivity contribution is 5.73. The van der Waals surface area contributed by atoms with Gasteiger partial charge in [0, 0.05) is 31.1 Å². The Morgan fingerprint density at radius 2 is 2.28 bits per heavy atom. The van der Waals surface area contributed by atoms with Gasteiger partial charge in [-0.3, -0.25) is 14.9 Å². The summed E-state index contributed by atoms with van der Waals surface area (Å²) in [5.74, 6) is -0.364. The third-order valence-corrected chi connectivity index (χ3v) is 2.65. The number of non-ortho nitro benzene ring substituents is 1. The first kappa shape index (κ1) is 14.1. The third-order valence-electron chi connectivity index (χ3n) is 2.65. The van der Waals surface area contributed by atoms with E-state index in [1.807, 2.05) is 13.0 Å². The molecule has 0 radical (unpaired) electrons. The Balaban J connectivity index is 2.72. The van der Waals surface area contributed by atoms with Gasteiger partial charge in [-0.25, -0.2) is 0 Å². The van der Waals surface area contributed by atoms with Crippen LogP contribution in [0.2, 0.25) is 0 Å². The van der Waals surface area contributed by atoms with Crippen molar-refractivity contribution in [1.29, 1.82) is 0 Å². The zero-order valence-electron chi connectivity index (χ0n) is 10.3. The van der Waals surface area contributed by atoms with Crippen molar-refractivity contribution in [1.82, 2.24) is 5.32 Å². The first-order valence-corrected chi connectivity index (χ1v) is 5.80. The lowest BCUT2D eigenvalue weighted by Gasteiger charge is -2.16. The molecule has 18 heavy (non-hydrogen) atoms. The molecule has 0 saturated carbocycles. The molecule has 0 spiro atoms. The molecule has 1 rings (SSSR count). The summed E-state index contributed by atoms with van der Waals surface area (Å²) in [6.45, 7) is 2.44. The fraction of sp³-hybridized carbons (Fsp3) is 0.417. The van der Waals surface area contributed by atoms with E-state index < -0.39 is 4.92 Å². The summed E-state index contributed by atoms with van der Waals surface area (Å²) in [6, 6.07) is 6.49. The second-order valence-corrected chi connectivity index (χ2v) is 3.98. The summed E-state index contributed by atoms with van der Waals surface area (Å²) >= 11 is 0. The SMILES string of the molecule is CCC(NCCC(N)=O)c1cccc([N+](=O)[O-])c1. The van der Waals surface area contributed by atoms with Gasteiger partial charge < -0.3 is 11.1 Å². The van der Waals surface area contributed by atoms with Crippen LogP contribution >= 0.6 is 0 Å². The zero-order valence-corrected chi connectivity index (χ0v) is 10.3. The summed E-state index contributed by atoms with van der Waals surface area (Å²) in [5, 5.41) is 13.9. The molecule has 6 heteroatoms. The fourth-order valence-electron chi connectivity index (χ4n) is 1.72. The van der Waals surface area contributed by atoms with Crippen LogP contribution in [0, 0.1) is 10.1 Å². The number of hydrogen-bond acceptors (Lipinski definition) is 4. The quantitative estimate of drug-likeness (QED) is 0.566. The molecule has 0 aromatic heterocycles. The number of carbonyl (C=O) groups is 1. The average Bonchev–Trinajstić information content (AvgIpc) is 2.34. The van der Waals surface area contributed by atoms with Gasteiger partial charge in [-0.2, -0.15) is 0 Å². The molecule has 0 bridgehead atoms. The highest BCUT2D eigenvalue weighted by atomic mass is 16.6. The van der Waals surface area contributed by atoms with Crippen LogP contribution in [-0.2, 0) is 4.79 Å². The van der Waals surface area contributed by atoms with Gasteiger partial charge in [0.1, 0.15) is 0 Å². The van der Waals surface area contributed by atoms with E-state index in [4.69, 9.17) is 5.73 Å². The van der Waals surface area contributed by atoms with Gasteiger partial charge in [-0.1, -0.05) is 19.1 Å². The Kier molecular flexibility index (Phi) is 5.26. The molecule has 1 unspecified atom stereocenters. The number of rotatable bonds is 7. The van der Waals surface area contributed by atoms with Crippen molar-refractivity contribution in [3.8, 4) is 0 Å². The second-order valence-electron chi connectivity index (χ2n) is 3.98. The minimum absolute atomic E-state index is 0.00995. The summed E-state index contributed by atoms with van der Waals surface area (Å²) in [7, 11) is 0. The summed E-state index contributed by atoms with van der Waals surface area (Å²) in [5.41, 5.74) is 5.97. The first-order valence-electron chi connectivity index (χ1n) is 5.80. The Morgan fingerprint density at radius 1 is 1.56 bits per heavy atom. The molecular weight excluding hydrogens is 234 g/mol. The third kappa shape index (κ3) is 4.14. The lowest BCUT2D eigenvalue weighted by molar-refractivity contribution is -0.384. The van der Waals surface area contributed by atoms with Gasteiger partial charge in [-0.15, -0.1) is 0 Å². The molecule has 0 heterocycles. The van der Waals surface area contributed by atoms with Crippen molar-refractivity contribution in [2.24, 2.45) is 5.73 Å². The highest BCUT2D eigenvalue weighted by Gasteiger charge is 2.12. The van der Waals surface area contributed by atoms with Crippen molar-refractivity contribution in [3.05, 3.63) is 39.9 Å². The molecule has 0 aliphatic carbocycles. The zero-order chi connectivity index (χ0) is 13.5. The smallest absolute Gasteiger partial charge is 0.269 e. The number of amides is 1. The number of nitrogens with two attached hydrogens (primary N) is 1. The molecule has 98 valence electrons. The number of nitrogens with zero attached hydrogens (tertiary/aromatic N) is 1. The average molecular weight is 251 g/mol. The molecule has 1 atom stereocenters. The molecule has 1 aromatic carbocycles. The highest BCUT2D eigenvalue weighted by Crippen LogP contribution is 2.21. The van der Waals surface area contributed by atoms with Gasteiger partial charge in [0.15, 0.2) is 0 Å². The van der Waals surface area contributed by atoms with Crippen LogP contribution in [0.1, 0.15) is 31.4 Å². The van der Waals surface area contributed by atoms with Crippen molar-refractivity contribution < 1.29 is 9.72 Å². The van der Waals surface area contributed by atoms with Crippen LogP contribution in [0.3, 0.4) is 0 Å². The Hall–Kier alpha value is -1.95. The lowest BCUT2D eigenvalue weighted by atomic mass is 10.0. The maximum Gasteiger partial charge on any atom is 0.269 e. The van der Waals surface area contributed by atoms with Crippen molar-refractivity contribution in [3.63, 3.8) is 0 Å². The van der Waals surface area contributed by atoms with E-state index in [1.165, 1.54) is 6.07 Å². The fourth-order valence-corrected chi connectivity index (χ4v) is 1.72. The van der Waals surface area contributed by atoms with Gasteiger partial charge >= 0.3 is 0 Å². The molecule has 0 aliphatic heterocycles. The predicted molar refractivity (Wildman–Crippen MR) is 67.9 cm³/mol. The summed E-state index contributed by atoms with van der Waals surface area (Å²) < 4.78 is 0. The largest absolute Gasteiger partial charge is 0.370 e. The van der Waals surface area contributed by atoms with E-state index in [-0.39, 0.29) is 24.1 Å². The minimum atomic E-state index is -0.417. The lowest BCUT2D eigenvalue weighted by Crippen LogP contribution is -2.25. The monoisotopic (exact) mass is 251 g/mol. The maximum absolute atomic E-state index is 10.7. The molecule has 0 aliphatic rings. The number of nitrogens with one attached hydrogen (secondary N) is 1. The van der Waals surface area contributed by atoms with Crippen LogP contribution in [-0.4, -0.2) is 17.4 Å². The number of primary amides is 1. The topological polar surface area (TPSA) is 98.3 Å². The van der Waals surface area contributed by atoms with Crippen LogP contribution in [0.25, 0.3) is 0 Å². The predicted octanol–water partition coefficient (Wildman–Crippen LogP) is 1.51. The van der Waals surface area contributed by atoms with Crippen molar-refractivity contribution in [2.75, 3.05) is 6.54 Å². The van der Waals surface area contributed by atoms with Gasteiger partial charge in [0.05, 0.1) is 4.92 Å².